The molecule has 0 saturated carbocycles. The second kappa shape index (κ2) is 5.74. The summed E-state index contributed by atoms with van der Waals surface area (Å²) in [5.74, 6) is -0.567. The number of anilines is 1. The fourth-order valence-electron chi connectivity index (χ4n) is 2.54. The van der Waals surface area contributed by atoms with Gasteiger partial charge in [-0.15, -0.1) is 0 Å². The molecule has 1 heterocycles. The minimum Gasteiger partial charge on any atom is -0.344 e. The zero-order valence-electron chi connectivity index (χ0n) is 11.6. The Morgan fingerprint density at radius 2 is 2.20 bits per heavy atom. The van der Waals surface area contributed by atoms with Crippen molar-refractivity contribution in [1.82, 2.24) is 5.32 Å². The number of rotatable bonds is 3. The molecule has 2 amide bonds. The van der Waals surface area contributed by atoms with Gasteiger partial charge < -0.3 is 10.2 Å². The Morgan fingerprint density at radius 3 is 2.90 bits per heavy atom. The summed E-state index contributed by atoms with van der Waals surface area (Å²) in [6.45, 7) is 3.63. The highest BCUT2D eigenvalue weighted by Crippen LogP contribution is 2.32. The molecule has 2 rings (SSSR count). The van der Waals surface area contributed by atoms with E-state index in [0.717, 1.165) is 17.7 Å². The lowest BCUT2D eigenvalue weighted by atomic mass is 10.1. The molecular formula is C15H17N3O2. The van der Waals surface area contributed by atoms with Gasteiger partial charge >= 0.3 is 0 Å². The van der Waals surface area contributed by atoms with E-state index < -0.39 is 11.9 Å². The van der Waals surface area contributed by atoms with Gasteiger partial charge in [0.05, 0.1) is 6.07 Å². The summed E-state index contributed by atoms with van der Waals surface area (Å²) in [6.07, 6.45) is 0.588. The summed E-state index contributed by atoms with van der Waals surface area (Å²) in [5.41, 5.74) is 2.05. The summed E-state index contributed by atoms with van der Waals surface area (Å²) in [4.78, 5) is 25.6. The highest BCUT2D eigenvalue weighted by atomic mass is 16.2. The fraction of sp³-hybridized carbons (Fsp3) is 0.400. The van der Waals surface area contributed by atoms with E-state index in [-0.39, 0.29) is 18.4 Å². The molecule has 0 spiro atoms. The number of amides is 2. The number of benzene rings is 1. The molecule has 2 atom stereocenters. The van der Waals surface area contributed by atoms with Crippen LogP contribution in [0.15, 0.2) is 24.3 Å². The molecule has 1 aromatic rings. The van der Waals surface area contributed by atoms with E-state index in [1.54, 1.807) is 17.9 Å². The molecular weight excluding hydrogens is 254 g/mol. The average molecular weight is 271 g/mol. The molecule has 0 fully saturated rings. The predicted molar refractivity (Wildman–Crippen MR) is 74.9 cm³/mol. The van der Waals surface area contributed by atoms with Crippen LogP contribution in [0.5, 0.6) is 0 Å². The van der Waals surface area contributed by atoms with Crippen LogP contribution in [0.25, 0.3) is 0 Å². The van der Waals surface area contributed by atoms with Gasteiger partial charge in [0.2, 0.25) is 11.8 Å². The molecule has 5 heteroatoms. The van der Waals surface area contributed by atoms with Gasteiger partial charge in [0.15, 0.2) is 0 Å². The first-order valence-corrected chi connectivity index (χ1v) is 6.62. The van der Waals surface area contributed by atoms with Crippen molar-refractivity contribution in [2.45, 2.75) is 38.8 Å². The van der Waals surface area contributed by atoms with E-state index in [2.05, 4.69) is 5.32 Å². The molecule has 0 radical (unpaired) electrons. The quantitative estimate of drug-likeness (QED) is 0.902. The van der Waals surface area contributed by atoms with Gasteiger partial charge in [-0.25, -0.2) is 0 Å². The molecule has 1 aliphatic heterocycles. The van der Waals surface area contributed by atoms with Crippen molar-refractivity contribution in [2.24, 2.45) is 0 Å². The molecule has 20 heavy (non-hydrogen) atoms. The maximum Gasteiger partial charge on any atom is 0.249 e. The lowest BCUT2D eigenvalue weighted by Crippen LogP contribution is -2.48. The van der Waals surface area contributed by atoms with E-state index in [1.165, 1.54) is 0 Å². The lowest BCUT2D eigenvalue weighted by Gasteiger charge is -2.26. The number of nitrogens with one attached hydrogen (secondary N) is 1. The first-order chi connectivity index (χ1) is 9.54. The molecule has 0 unspecified atom stereocenters. The summed E-state index contributed by atoms with van der Waals surface area (Å²) in [5, 5.41) is 11.0. The van der Waals surface area contributed by atoms with E-state index >= 15 is 0 Å². The molecule has 0 aromatic heterocycles. The first-order valence-electron chi connectivity index (χ1n) is 6.62. The van der Waals surface area contributed by atoms with Gasteiger partial charge in [-0.05, 0) is 31.9 Å². The van der Waals surface area contributed by atoms with Crippen molar-refractivity contribution in [3.8, 4) is 6.07 Å². The lowest BCUT2D eigenvalue weighted by molar-refractivity contribution is -0.126. The van der Waals surface area contributed by atoms with Gasteiger partial charge in [-0.2, -0.15) is 5.26 Å². The molecule has 0 bridgehead atoms. The molecule has 1 N–H and O–H groups in total. The first kappa shape index (κ1) is 14.1. The van der Waals surface area contributed by atoms with Crippen molar-refractivity contribution >= 4 is 17.5 Å². The molecule has 104 valence electrons. The van der Waals surface area contributed by atoms with E-state index in [0.29, 0.717) is 0 Å². The number of carbonyl (C=O) groups is 2. The number of nitrogens with zero attached hydrogens (tertiary/aromatic N) is 2. The highest BCUT2D eigenvalue weighted by molar-refractivity contribution is 6.01. The topological polar surface area (TPSA) is 73.2 Å². The molecule has 1 aliphatic rings. The Hall–Kier alpha value is -2.35. The number of nitriles is 1. The van der Waals surface area contributed by atoms with Crippen LogP contribution in [0.2, 0.25) is 0 Å². The van der Waals surface area contributed by atoms with Crippen molar-refractivity contribution in [3.05, 3.63) is 29.8 Å². The minimum atomic E-state index is -0.635. The SMILES string of the molecule is C[C@H](NC(=O)CC#N)C(=O)N1c2ccccc2C[C@@H]1C. The zero-order chi connectivity index (χ0) is 14.7. The van der Waals surface area contributed by atoms with Crippen molar-refractivity contribution in [2.75, 3.05) is 4.90 Å². The summed E-state index contributed by atoms with van der Waals surface area (Å²) in [6, 6.07) is 9.00. The Morgan fingerprint density at radius 1 is 1.50 bits per heavy atom. The smallest absolute Gasteiger partial charge is 0.249 e. The Bertz CT molecular complexity index is 577. The van der Waals surface area contributed by atoms with Crippen LogP contribution in [0, 0.1) is 11.3 Å². The molecule has 0 aliphatic carbocycles. The molecule has 5 nitrogen and oxygen atoms in total. The predicted octanol–water partition coefficient (Wildman–Crippen LogP) is 1.38. The summed E-state index contributed by atoms with van der Waals surface area (Å²) < 4.78 is 0. The third-order valence-electron chi connectivity index (χ3n) is 3.43. The fourth-order valence-corrected chi connectivity index (χ4v) is 2.54. The summed E-state index contributed by atoms with van der Waals surface area (Å²) in [7, 11) is 0. The second-order valence-corrected chi connectivity index (χ2v) is 5.01. The van der Waals surface area contributed by atoms with E-state index in [4.69, 9.17) is 5.26 Å². The van der Waals surface area contributed by atoms with Gasteiger partial charge in [-0.1, -0.05) is 18.2 Å². The van der Waals surface area contributed by atoms with Gasteiger partial charge in [0.25, 0.3) is 0 Å². The van der Waals surface area contributed by atoms with Gasteiger partial charge in [-0.3, -0.25) is 9.59 Å². The van der Waals surface area contributed by atoms with E-state index in [9.17, 15) is 9.59 Å². The maximum absolute atomic E-state index is 12.5. The van der Waals surface area contributed by atoms with E-state index in [1.807, 2.05) is 31.2 Å². The average Bonchev–Trinajstić information content (AvgIpc) is 2.73. The number of fused-ring (bicyclic) bond motifs is 1. The Labute approximate surface area is 118 Å². The van der Waals surface area contributed by atoms with Crippen molar-refractivity contribution in [1.29, 1.82) is 5.26 Å². The van der Waals surface area contributed by atoms with Crippen LogP contribution in [-0.2, 0) is 16.0 Å². The Kier molecular flexibility index (Phi) is 4.04. The molecule has 1 aromatic carbocycles. The van der Waals surface area contributed by atoms with Crippen molar-refractivity contribution in [3.63, 3.8) is 0 Å². The number of hydrogen-bond donors (Lipinski definition) is 1. The second-order valence-electron chi connectivity index (χ2n) is 5.01. The van der Waals surface area contributed by atoms with Gasteiger partial charge in [0.1, 0.15) is 12.5 Å². The van der Waals surface area contributed by atoms with Crippen LogP contribution >= 0.6 is 0 Å². The van der Waals surface area contributed by atoms with Crippen LogP contribution in [0.1, 0.15) is 25.8 Å². The standard InChI is InChI=1S/C15H17N3O2/c1-10-9-12-5-3-4-6-13(12)18(10)15(20)11(2)17-14(19)7-8-16/h3-6,10-11H,7,9H2,1-2H3,(H,17,19)/t10-,11-/m0/s1. The minimum absolute atomic E-state index is 0.0789. The maximum atomic E-state index is 12.5. The van der Waals surface area contributed by atoms with Crippen LogP contribution in [0.3, 0.4) is 0 Å². The normalized spacial score (nSPS) is 18.1. The van der Waals surface area contributed by atoms with Crippen LogP contribution < -0.4 is 10.2 Å². The largest absolute Gasteiger partial charge is 0.344 e. The number of para-hydroxylation sites is 1. The monoisotopic (exact) mass is 271 g/mol. The zero-order valence-corrected chi connectivity index (χ0v) is 11.6. The third-order valence-corrected chi connectivity index (χ3v) is 3.43. The number of carbonyl (C=O) groups excluding carboxylic acids is 2. The Balaban J connectivity index is 2.13. The summed E-state index contributed by atoms with van der Waals surface area (Å²) >= 11 is 0. The van der Waals surface area contributed by atoms with Crippen LogP contribution in [0.4, 0.5) is 5.69 Å². The van der Waals surface area contributed by atoms with Gasteiger partial charge in [0, 0.05) is 11.7 Å². The molecule has 0 saturated heterocycles. The van der Waals surface area contributed by atoms with Crippen LogP contribution in [-0.4, -0.2) is 23.9 Å². The van der Waals surface area contributed by atoms with Crippen molar-refractivity contribution < 1.29 is 9.59 Å². The number of hydrogen-bond acceptors (Lipinski definition) is 3. The highest BCUT2D eigenvalue weighted by Gasteiger charge is 2.33. The third kappa shape index (κ3) is 2.64.